The average Bonchev–Trinajstić information content (AvgIpc) is 3.20. The molecule has 2 atom stereocenters. The Balaban J connectivity index is 1.78. The molecule has 1 N–H and O–H groups in total. The molecule has 0 spiro atoms. The number of hydrogen-bond acceptors (Lipinski definition) is 1. The van der Waals surface area contributed by atoms with Gasteiger partial charge < -0.3 is 5.11 Å². The maximum Gasteiger partial charge on any atom is 0.327 e. The maximum absolute atomic E-state index is 10.3. The van der Waals surface area contributed by atoms with Gasteiger partial charge in [0, 0.05) is 6.08 Å². The summed E-state index contributed by atoms with van der Waals surface area (Å²) < 4.78 is 0. The second-order valence-electron chi connectivity index (χ2n) is 6.69. The van der Waals surface area contributed by atoms with E-state index in [-0.39, 0.29) is 0 Å². The summed E-state index contributed by atoms with van der Waals surface area (Å²) >= 11 is 0. The molecule has 0 radical (unpaired) electrons. The van der Waals surface area contributed by atoms with E-state index >= 15 is 0 Å². The highest BCUT2D eigenvalue weighted by molar-refractivity contribution is 5.79. The summed E-state index contributed by atoms with van der Waals surface area (Å²) in [5.41, 5.74) is 0. The topological polar surface area (TPSA) is 37.3 Å². The van der Waals surface area contributed by atoms with Crippen molar-refractivity contribution in [3.8, 4) is 0 Å². The molecule has 0 bridgehead atoms. The Kier molecular flexibility index (Phi) is 10.3. The first kappa shape index (κ1) is 18.3. The van der Waals surface area contributed by atoms with E-state index in [0.717, 1.165) is 24.7 Å². The SMILES string of the molecule is CCCCCCC1CC1CCCCCCC/C=C\C(=O)O. The number of unbranched alkanes of at least 4 members (excludes halogenated alkanes) is 8. The molecule has 1 aliphatic carbocycles. The Morgan fingerprint density at radius 2 is 1.52 bits per heavy atom. The molecule has 0 aromatic heterocycles. The zero-order chi connectivity index (χ0) is 15.3. The predicted octanol–water partition coefficient (Wildman–Crippen LogP) is 5.96. The Hall–Kier alpha value is -0.790. The average molecular weight is 294 g/mol. The van der Waals surface area contributed by atoms with Crippen molar-refractivity contribution in [2.75, 3.05) is 0 Å². The summed E-state index contributed by atoms with van der Waals surface area (Å²) in [5.74, 6) is 1.30. The number of carbonyl (C=O) groups is 1. The molecule has 1 rings (SSSR count). The van der Waals surface area contributed by atoms with Gasteiger partial charge in [-0.1, -0.05) is 77.2 Å². The monoisotopic (exact) mass is 294 g/mol. The van der Waals surface area contributed by atoms with Gasteiger partial charge in [0.05, 0.1) is 0 Å². The molecule has 0 heterocycles. The van der Waals surface area contributed by atoms with Crippen LogP contribution in [0.15, 0.2) is 12.2 Å². The molecule has 0 aliphatic heterocycles. The molecule has 2 heteroatoms. The third-order valence-electron chi connectivity index (χ3n) is 4.70. The third kappa shape index (κ3) is 10.6. The molecule has 21 heavy (non-hydrogen) atoms. The minimum absolute atomic E-state index is 0.830. The van der Waals surface area contributed by atoms with Gasteiger partial charge in [-0.2, -0.15) is 0 Å². The van der Waals surface area contributed by atoms with Crippen molar-refractivity contribution in [2.45, 2.75) is 90.4 Å². The summed E-state index contributed by atoms with van der Waals surface area (Å²) in [4.78, 5) is 10.3. The lowest BCUT2D eigenvalue weighted by Crippen LogP contribution is -1.87. The standard InChI is InChI=1S/C19H34O2/c1-2-3-4-10-13-17-16-18(17)14-11-8-6-5-7-9-12-15-19(20)21/h12,15,17-18H,2-11,13-14,16H2,1H3,(H,20,21)/b15-12-. The summed E-state index contributed by atoms with van der Waals surface area (Å²) in [5, 5.41) is 8.46. The normalized spacial score (nSPS) is 21.0. The van der Waals surface area contributed by atoms with Gasteiger partial charge >= 0.3 is 5.97 Å². The lowest BCUT2D eigenvalue weighted by atomic mass is 10.0. The van der Waals surface area contributed by atoms with E-state index in [1.165, 1.54) is 76.7 Å². The van der Waals surface area contributed by atoms with Gasteiger partial charge in [0.2, 0.25) is 0 Å². The van der Waals surface area contributed by atoms with Crippen LogP contribution in [0.4, 0.5) is 0 Å². The van der Waals surface area contributed by atoms with Crippen LogP contribution < -0.4 is 0 Å². The highest BCUT2D eigenvalue weighted by Gasteiger charge is 2.34. The summed E-state index contributed by atoms with van der Waals surface area (Å²) in [6, 6.07) is 0. The van der Waals surface area contributed by atoms with Crippen molar-refractivity contribution in [1.29, 1.82) is 0 Å². The molecule has 2 unspecified atom stereocenters. The molecule has 122 valence electrons. The van der Waals surface area contributed by atoms with Gasteiger partial charge in [0.1, 0.15) is 0 Å². The van der Waals surface area contributed by atoms with Gasteiger partial charge in [-0.25, -0.2) is 4.79 Å². The Morgan fingerprint density at radius 3 is 2.14 bits per heavy atom. The molecule has 0 aromatic carbocycles. The van der Waals surface area contributed by atoms with E-state index < -0.39 is 5.97 Å². The lowest BCUT2D eigenvalue weighted by Gasteiger charge is -2.02. The van der Waals surface area contributed by atoms with Crippen LogP contribution >= 0.6 is 0 Å². The highest BCUT2D eigenvalue weighted by Crippen LogP contribution is 2.45. The molecule has 1 fully saturated rings. The summed E-state index contributed by atoms with van der Waals surface area (Å²) in [6.45, 7) is 2.28. The zero-order valence-electron chi connectivity index (χ0n) is 13.9. The molecule has 0 amide bonds. The molecule has 0 saturated heterocycles. The quantitative estimate of drug-likeness (QED) is 0.317. The van der Waals surface area contributed by atoms with Gasteiger partial charge in [-0.3, -0.25) is 0 Å². The van der Waals surface area contributed by atoms with Crippen molar-refractivity contribution in [2.24, 2.45) is 11.8 Å². The molecular weight excluding hydrogens is 260 g/mol. The van der Waals surface area contributed by atoms with Crippen molar-refractivity contribution in [3.05, 3.63) is 12.2 Å². The molecular formula is C19H34O2. The highest BCUT2D eigenvalue weighted by atomic mass is 16.4. The van der Waals surface area contributed by atoms with Crippen molar-refractivity contribution in [1.82, 2.24) is 0 Å². The molecule has 1 saturated carbocycles. The smallest absolute Gasteiger partial charge is 0.327 e. The predicted molar refractivity (Wildman–Crippen MR) is 89.5 cm³/mol. The molecule has 1 aliphatic rings. The van der Waals surface area contributed by atoms with Gasteiger partial charge in [-0.15, -0.1) is 0 Å². The molecule has 0 aromatic rings. The number of carboxylic acid groups (broad SMARTS) is 1. The Morgan fingerprint density at radius 1 is 0.952 bits per heavy atom. The lowest BCUT2D eigenvalue weighted by molar-refractivity contribution is -0.131. The summed E-state index contributed by atoms with van der Waals surface area (Å²) in [6.07, 6.45) is 20.5. The van der Waals surface area contributed by atoms with Gasteiger partial charge in [0.25, 0.3) is 0 Å². The van der Waals surface area contributed by atoms with Crippen LogP contribution in [0.3, 0.4) is 0 Å². The first-order valence-corrected chi connectivity index (χ1v) is 9.13. The van der Waals surface area contributed by atoms with E-state index in [9.17, 15) is 4.79 Å². The zero-order valence-corrected chi connectivity index (χ0v) is 13.9. The largest absolute Gasteiger partial charge is 0.478 e. The fraction of sp³-hybridized carbons (Fsp3) is 0.842. The van der Waals surface area contributed by atoms with E-state index in [1.807, 2.05) is 0 Å². The Bertz CT molecular complexity index is 296. The fourth-order valence-corrected chi connectivity index (χ4v) is 3.23. The Labute approximate surface area is 131 Å². The van der Waals surface area contributed by atoms with Crippen LogP contribution in [0.5, 0.6) is 0 Å². The minimum atomic E-state index is -0.830. The van der Waals surface area contributed by atoms with Gasteiger partial charge in [-0.05, 0) is 31.1 Å². The van der Waals surface area contributed by atoms with Crippen LogP contribution in [0.2, 0.25) is 0 Å². The van der Waals surface area contributed by atoms with Crippen LogP contribution in [-0.2, 0) is 4.79 Å². The van der Waals surface area contributed by atoms with Crippen molar-refractivity contribution < 1.29 is 9.90 Å². The van der Waals surface area contributed by atoms with Crippen molar-refractivity contribution in [3.63, 3.8) is 0 Å². The minimum Gasteiger partial charge on any atom is -0.478 e. The number of aliphatic carboxylic acids is 1. The maximum atomic E-state index is 10.3. The second-order valence-corrected chi connectivity index (χ2v) is 6.69. The first-order chi connectivity index (χ1) is 10.2. The van der Waals surface area contributed by atoms with Crippen LogP contribution in [0.1, 0.15) is 90.4 Å². The first-order valence-electron chi connectivity index (χ1n) is 9.13. The van der Waals surface area contributed by atoms with E-state index in [4.69, 9.17) is 5.11 Å². The van der Waals surface area contributed by atoms with Gasteiger partial charge in [0.15, 0.2) is 0 Å². The van der Waals surface area contributed by atoms with Crippen molar-refractivity contribution >= 4 is 5.97 Å². The second kappa shape index (κ2) is 11.8. The van der Waals surface area contributed by atoms with Crippen LogP contribution in [0, 0.1) is 11.8 Å². The number of hydrogen-bond donors (Lipinski definition) is 1. The van der Waals surface area contributed by atoms with Crippen LogP contribution in [-0.4, -0.2) is 11.1 Å². The summed E-state index contributed by atoms with van der Waals surface area (Å²) in [7, 11) is 0. The van der Waals surface area contributed by atoms with E-state index in [2.05, 4.69) is 6.92 Å². The van der Waals surface area contributed by atoms with E-state index in [0.29, 0.717) is 0 Å². The number of carboxylic acids is 1. The molecule has 2 nitrogen and oxygen atoms in total. The fourth-order valence-electron chi connectivity index (χ4n) is 3.23. The van der Waals surface area contributed by atoms with Crippen LogP contribution in [0.25, 0.3) is 0 Å². The third-order valence-corrected chi connectivity index (χ3v) is 4.70. The number of allylic oxidation sites excluding steroid dienone is 1. The van der Waals surface area contributed by atoms with E-state index in [1.54, 1.807) is 6.08 Å². The number of rotatable bonds is 14.